The first-order valence-electron chi connectivity index (χ1n) is 4.39. The molecule has 1 aromatic rings. The molecule has 0 radical (unpaired) electrons. The van der Waals surface area contributed by atoms with E-state index in [-0.39, 0.29) is 0 Å². The van der Waals surface area contributed by atoms with Gasteiger partial charge in [0.2, 0.25) is 0 Å². The molecule has 18 heavy (non-hydrogen) atoms. The lowest BCUT2D eigenvalue weighted by molar-refractivity contribution is -0.139. The van der Waals surface area contributed by atoms with Gasteiger partial charge >= 0.3 is 12.1 Å². The molecule has 0 fully saturated rings. The zero-order chi connectivity index (χ0) is 13.9. The SMILES string of the molecule is O=C(O)COc1c(CC(F)(F)F)n[nH]c(=O)c1Cl. The quantitative estimate of drug-likeness (QED) is 0.861. The molecule has 0 spiro atoms. The van der Waals surface area contributed by atoms with E-state index in [1.165, 1.54) is 0 Å². The van der Waals surface area contributed by atoms with Crippen molar-refractivity contribution >= 4 is 17.6 Å². The van der Waals surface area contributed by atoms with Gasteiger partial charge in [0.05, 0.1) is 6.42 Å². The van der Waals surface area contributed by atoms with E-state index in [0.29, 0.717) is 0 Å². The number of aliphatic carboxylic acids is 1. The highest BCUT2D eigenvalue weighted by molar-refractivity contribution is 6.31. The summed E-state index contributed by atoms with van der Waals surface area (Å²) in [6, 6.07) is 0. The molecule has 0 saturated carbocycles. The maximum Gasteiger partial charge on any atom is 0.394 e. The number of aromatic nitrogens is 2. The van der Waals surface area contributed by atoms with Gasteiger partial charge in [-0.3, -0.25) is 4.79 Å². The third-order valence-electron chi connectivity index (χ3n) is 1.66. The molecule has 0 aliphatic rings. The van der Waals surface area contributed by atoms with Crippen LogP contribution in [0.5, 0.6) is 5.75 Å². The number of hydrogen-bond acceptors (Lipinski definition) is 4. The van der Waals surface area contributed by atoms with Gasteiger partial charge in [-0.1, -0.05) is 11.6 Å². The van der Waals surface area contributed by atoms with Crippen LogP contribution in [0.3, 0.4) is 0 Å². The van der Waals surface area contributed by atoms with Gasteiger partial charge < -0.3 is 9.84 Å². The van der Waals surface area contributed by atoms with Crippen LogP contribution >= 0.6 is 11.6 Å². The first kappa shape index (κ1) is 14.3. The Kier molecular flexibility index (Phi) is 4.17. The number of alkyl halides is 3. The van der Waals surface area contributed by atoms with E-state index in [4.69, 9.17) is 16.7 Å². The van der Waals surface area contributed by atoms with E-state index in [1.54, 1.807) is 5.10 Å². The van der Waals surface area contributed by atoms with Gasteiger partial charge in [-0.15, -0.1) is 0 Å². The lowest BCUT2D eigenvalue weighted by Gasteiger charge is -2.11. The van der Waals surface area contributed by atoms with Crippen molar-refractivity contribution in [3.63, 3.8) is 0 Å². The Balaban J connectivity index is 3.13. The number of halogens is 4. The Labute approximate surface area is 102 Å². The van der Waals surface area contributed by atoms with Crippen LogP contribution in [0.15, 0.2) is 4.79 Å². The predicted octanol–water partition coefficient (Wildman–Crippen LogP) is 0.992. The highest BCUT2D eigenvalue weighted by Gasteiger charge is 2.32. The van der Waals surface area contributed by atoms with Crippen molar-refractivity contribution in [2.24, 2.45) is 0 Å². The molecule has 0 aliphatic heterocycles. The highest BCUT2D eigenvalue weighted by atomic mass is 35.5. The normalized spacial score (nSPS) is 11.3. The molecule has 1 aromatic heterocycles. The van der Waals surface area contributed by atoms with Crippen molar-refractivity contribution in [3.8, 4) is 5.75 Å². The molecule has 1 rings (SSSR count). The Morgan fingerprint density at radius 1 is 1.50 bits per heavy atom. The molecule has 0 unspecified atom stereocenters. The summed E-state index contributed by atoms with van der Waals surface area (Å²) in [5, 5.41) is 12.6. The molecule has 100 valence electrons. The predicted molar refractivity (Wildman–Crippen MR) is 52.8 cm³/mol. The fourth-order valence-electron chi connectivity index (χ4n) is 1.04. The van der Waals surface area contributed by atoms with Crippen LogP contribution in [0.1, 0.15) is 5.69 Å². The molecule has 2 N–H and O–H groups in total. The molecular weight excluding hydrogens is 281 g/mol. The summed E-state index contributed by atoms with van der Waals surface area (Å²) >= 11 is 5.44. The monoisotopic (exact) mass is 286 g/mol. The van der Waals surface area contributed by atoms with E-state index >= 15 is 0 Å². The average molecular weight is 287 g/mol. The van der Waals surface area contributed by atoms with Crippen LogP contribution in [0, 0.1) is 0 Å². The van der Waals surface area contributed by atoms with Gasteiger partial charge in [-0.05, 0) is 0 Å². The summed E-state index contributed by atoms with van der Waals surface area (Å²) in [7, 11) is 0. The number of carboxylic acid groups (broad SMARTS) is 1. The zero-order valence-electron chi connectivity index (χ0n) is 8.55. The summed E-state index contributed by atoms with van der Waals surface area (Å²) in [5.74, 6) is -2.11. The lowest BCUT2D eigenvalue weighted by atomic mass is 10.2. The average Bonchev–Trinajstić information content (AvgIpc) is 2.20. The van der Waals surface area contributed by atoms with E-state index < -0.39 is 47.2 Å². The number of rotatable bonds is 4. The number of nitrogens with zero attached hydrogens (tertiary/aromatic N) is 1. The van der Waals surface area contributed by atoms with Crippen molar-refractivity contribution in [1.29, 1.82) is 0 Å². The van der Waals surface area contributed by atoms with Gasteiger partial charge in [0, 0.05) is 0 Å². The number of carbonyl (C=O) groups is 1. The second-order valence-corrected chi connectivity index (χ2v) is 3.49. The van der Waals surface area contributed by atoms with Crippen LogP contribution < -0.4 is 10.3 Å². The largest absolute Gasteiger partial charge is 0.479 e. The maximum absolute atomic E-state index is 12.2. The number of carboxylic acids is 1. The molecular formula is C8H6ClF3N2O4. The van der Waals surface area contributed by atoms with Crippen LogP contribution in [-0.4, -0.2) is 34.1 Å². The van der Waals surface area contributed by atoms with Gasteiger partial charge in [0.15, 0.2) is 17.4 Å². The maximum atomic E-state index is 12.2. The van der Waals surface area contributed by atoms with Crippen molar-refractivity contribution in [1.82, 2.24) is 10.2 Å². The van der Waals surface area contributed by atoms with Crippen molar-refractivity contribution < 1.29 is 27.8 Å². The number of aromatic amines is 1. The summed E-state index contributed by atoms with van der Waals surface area (Å²) in [6.45, 7) is -0.935. The summed E-state index contributed by atoms with van der Waals surface area (Å²) in [4.78, 5) is 21.3. The smallest absolute Gasteiger partial charge is 0.394 e. The third-order valence-corrected chi connectivity index (χ3v) is 2.00. The summed E-state index contributed by atoms with van der Waals surface area (Å²) < 4.78 is 41.2. The van der Waals surface area contributed by atoms with Crippen LogP contribution in [0.25, 0.3) is 0 Å². The first-order valence-corrected chi connectivity index (χ1v) is 4.77. The minimum Gasteiger partial charge on any atom is -0.479 e. The topological polar surface area (TPSA) is 92.3 Å². The minimum atomic E-state index is -4.60. The second-order valence-electron chi connectivity index (χ2n) is 3.12. The zero-order valence-corrected chi connectivity index (χ0v) is 9.30. The van der Waals surface area contributed by atoms with Crippen LogP contribution in [0.4, 0.5) is 13.2 Å². The molecule has 0 aromatic carbocycles. The molecule has 0 atom stereocenters. The van der Waals surface area contributed by atoms with Crippen molar-refractivity contribution in [2.75, 3.05) is 6.61 Å². The number of ether oxygens (including phenoxy) is 1. The molecule has 0 aliphatic carbocycles. The highest BCUT2D eigenvalue weighted by Crippen LogP contribution is 2.29. The van der Waals surface area contributed by atoms with Crippen molar-refractivity contribution in [2.45, 2.75) is 12.6 Å². The van der Waals surface area contributed by atoms with E-state index in [2.05, 4.69) is 9.84 Å². The van der Waals surface area contributed by atoms with E-state index in [0.717, 1.165) is 0 Å². The first-order chi connectivity index (χ1) is 8.20. The summed E-state index contributed by atoms with van der Waals surface area (Å²) in [6.07, 6.45) is -6.10. The minimum absolute atomic E-state index is 0.675. The third kappa shape index (κ3) is 3.91. The standard InChI is InChI=1S/C8H6ClF3N2O4/c9-5-6(18-2-4(15)16)3(1-8(10,11)12)13-14-7(5)17/h1-2H2,(H,14,17)(H,15,16). The molecule has 6 nitrogen and oxygen atoms in total. The van der Waals surface area contributed by atoms with Crippen LogP contribution in [-0.2, 0) is 11.2 Å². The molecule has 10 heteroatoms. The van der Waals surface area contributed by atoms with E-state index in [1.807, 2.05) is 0 Å². The molecule has 0 saturated heterocycles. The number of hydrogen-bond donors (Lipinski definition) is 2. The number of H-pyrrole nitrogens is 1. The van der Waals surface area contributed by atoms with Crippen molar-refractivity contribution in [3.05, 3.63) is 21.1 Å². The fourth-order valence-corrected chi connectivity index (χ4v) is 1.24. The fraction of sp³-hybridized carbons (Fsp3) is 0.375. The van der Waals surface area contributed by atoms with Gasteiger partial charge in [-0.2, -0.15) is 18.3 Å². The Morgan fingerprint density at radius 3 is 2.61 bits per heavy atom. The lowest BCUT2D eigenvalue weighted by Crippen LogP contribution is -2.21. The Morgan fingerprint density at radius 2 is 2.11 bits per heavy atom. The van der Waals surface area contributed by atoms with Crippen LogP contribution in [0.2, 0.25) is 5.02 Å². The second kappa shape index (κ2) is 5.25. The number of nitrogens with one attached hydrogen (secondary N) is 1. The summed E-state index contributed by atoms with van der Waals surface area (Å²) in [5.41, 5.74) is -1.66. The van der Waals surface area contributed by atoms with Gasteiger partial charge in [0.25, 0.3) is 5.56 Å². The Hall–Kier alpha value is -1.77. The van der Waals surface area contributed by atoms with Gasteiger partial charge in [0.1, 0.15) is 5.69 Å². The van der Waals surface area contributed by atoms with E-state index in [9.17, 15) is 22.8 Å². The Bertz CT molecular complexity index is 514. The molecule has 1 heterocycles. The molecule has 0 bridgehead atoms. The van der Waals surface area contributed by atoms with Gasteiger partial charge in [-0.25, -0.2) is 9.89 Å². The molecule has 0 amide bonds.